The predicted octanol–water partition coefficient (Wildman–Crippen LogP) is 3.17. The molecule has 0 amide bonds. The maximum atomic E-state index is 12.0. The lowest BCUT2D eigenvalue weighted by atomic mass is 10.3. The van der Waals surface area contributed by atoms with Gasteiger partial charge in [-0.15, -0.1) is 23.1 Å². The van der Waals surface area contributed by atoms with E-state index >= 15 is 0 Å². The third-order valence-electron chi connectivity index (χ3n) is 3.08. The second kappa shape index (κ2) is 6.95. The maximum absolute atomic E-state index is 12.0. The van der Waals surface area contributed by atoms with E-state index in [-0.39, 0.29) is 5.97 Å². The van der Waals surface area contributed by atoms with Crippen molar-refractivity contribution in [1.82, 2.24) is 0 Å². The zero-order valence-corrected chi connectivity index (χ0v) is 14.4. The highest BCUT2D eigenvalue weighted by atomic mass is 32.2. The number of nitrogens with zero attached hydrogens (tertiary/aromatic N) is 1. The highest BCUT2D eigenvalue weighted by molar-refractivity contribution is 8.00. The van der Waals surface area contributed by atoms with Crippen molar-refractivity contribution >= 4 is 51.5 Å². The lowest BCUT2D eigenvalue weighted by Crippen LogP contribution is -2.36. The van der Waals surface area contributed by atoms with E-state index in [1.54, 1.807) is 11.8 Å². The average molecular weight is 333 g/mol. The monoisotopic (exact) mass is 332 g/mol. The minimum Gasteiger partial charge on any atom is -0.462 e. The van der Waals surface area contributed by atoms with Crippen LogP contribution >= 0.6 is 34.9 Å². The van der Waals surface area contributed by atoms with E-state index in [4.69, 9.17) is 10.5 Å². The van der Waals surface area contributed by atoms with Gasteiger partial charge in [0.25, 0.3) is 0 Å². The summed E-state index contributed by atoms with van der Waals surface area (Å²) in [5, 5.41) is 1.72. The normalized spacial score (nSPS) is 19.1. The van der Waals surface area contributed by atoms with Crippen molar-refractivity contribution in [3.8, 4) is 0 Å². The molecule has 112 valence electrons. The van der Waals surface area contributed by atoms with Gasteiger partial charge in [-0.25, -0.2) is 4.79 Å². The van der Waals surface area contributed by atoms with E-state index in [0.717, 1.165) is 28.7 Å². The quantitative estimate of drug-likeness (QED) is 0.675. The van der Waals surface area contributed by atoms with Gasteiger partial charge in [0.05, 0.1) is 17.2 Å². The van der Waals surface area contributed by atoms with Crippen LogP contribution in [0.1, 0.15) is 23.5 Å². The fourth-order valence-corrected chi connectivity index (χ4v) is 5.30. The van der Waals surface area contributed by atoms with Gasteiger partial charge in [-0.3, -0.25) is 0 Å². The van der Waals surface area contributed by atoms with Crippen molar-refractivity contribution < 1.29 is 9.53 Å². The fourth-order valence-electron chi connectivity index (χ4n) is 2.17. The number of ether oxygens (including phenoxy) is 1. The Morgan fingerprint density at radius 3 is 2.95 bits per heavy atom. The Kier molecular flexibility index (Phi) is 5.51. The smallest absolute Gasteiger partial charge is 0.350 e. The Balaban J connectivity index is 2.32. The fraction of sp³-hybridized carbons (Fsp3) is 0.615. The summed E-state index contributed by atoms with van der Waals surface area (Å²) in [4.78, 5) is 15.9. The first kappa shape index (κ1) is 15.9. The molecule has 2 rings (SSSR count). The molecule has 1 saturated heterocycles. The second-order valence-corrected chi connectivity index (χ2v) is 7.89. The van der Waals surface area contributed by atoms with Crippen molar-refractivity contribution in [2.75, 3.05) is 42.3 Å². The highest BCUT2D eigenvalue weighted by Gasteiger charge is 2.27. The van der Waals surface area contributed by atoms with Gasteiger partial charge in [0.15, 0.2) is 0 Å². The van der Waals surface area contributed by atoms with Crippen LogP contribution < -0.4 is 10.6 Å². The Hall–Kier alpha value is -0.530. The molecule has 7 heteroatoms. The zero-order chi connectivity index (χ0) is 14.7. The van der Waals surface area contributed by atoms with E-state index in [1.807, 2.05) is 24.9 Å². The van der Waals surface area contributed by atoms with Gasteiger partial charge in [-0.2, -0.15) is 11.8 Å². The van der Waals surface area contributed by atoms with Crippen molar-refractivity contribution in [2.45, 2.75) is 24.0 Å². The lowest BCUT2D eigenvalue weighted by molar-refractivity contribution is 0.0533. The summed E-state index contributed by atoms with van der Waals surface area (Å²) in [5.74, 6) is 0.803. The standard InChI is InChI=1S/C13H20N2O2S3/c1-4-17-13(16)11-9(14)10(18-3)12(20-11)15-5-6-19-8(2)7-15/h8H,4-7,14H2,1-3H3. The molecule has 0 aromatic carbocycles. The van der Waals surface area contributed by atoms with E-state index in [2.05, 4.69) is 11.8 Å². The molecule has 0 radical (unpaired) electrons. The number of carbonyl (C=O) groups is 1. The van der Waals surface area contributed by atoms with Crippen LogP contribution in [0.25, 0.3) is 0 Å². The summed E-state index contributed by atoms with van der Waals surface area (Å²) in [6, 6.07) is 0. The zero-order valence-electron chi connectivity index (χ0n) is 12.0. The van der Waals surface area contributed by atoms with Gasteiger partial charge in [0, 0.05) is 24.1 Å². The molecule has 0 saturated carbocycles. The summed E-state index contributed by atoms with van der Waals surface area (Å²) >= 11 is 5.05. The lowest BCUT2D eigenvalue weighted by Gasteiger charge is -2.31. The molecule has 4 nitrogen and oxygen atoms in total. The van der Waals surface area contributed by atoms with E-state index < -0.39 is 0 Å². The predicted molar refractivity (Wildman–Crippen MR) is 90.6 cm³/mol. The van der Waals surface area contributed by atoms with Gasteiger partial charge in [0.1, 0.15) is 9.88 Å². The minimum absolute atomic E-state index is 0.309. The molecular formula is C13H20N2O2S3. The van der Waals surface area contributed by atoms with Crippen LogP contribution in [0.5, 0.6) is 0 Å². The SMILES string of the molecule is CCOC(=O)c1sc(N2CCSC(C)C2)c(SC)c1N. The first-order valence-electron chi connectivity index (χ1n) is 6.58. The molecule has 2 heterocycles. The van der Waals surface area contributed by atoms with E-state index in [1.165, 1.54) is 11.3 Å². The molecule has 1 fully saturated rings. The van der Waals surface area contributed by atoms with Crippen LogP contribution in [0.2, 0.25) is 0 Å². The van der Waals surface area contributed by atoms with Crippen LogP contribution in [-0.2, 0) is 4.74 Å². The molecule has 1 aromatic rings. The molecule has 20 heavy (non-hydrogen) atoms. The molecule has 0 bridgehead atoms. The minimum atomic E-state index is -0.309. The van der Waals surface area contributed by atoms with Crippen molar-refractivity contribution in [3.05, 3.63) is 4.88 Å². The molecule has 1 aromatic heterocycles. The van der Waals surface area contributed by atoms with Crippen LogP contribution in [0.4, 0.5) is 10.7 Å². The van der Waals surface area contributed by atoms with Crippen molar-refractivity contribution in [3.63, 3.8) is 0 Å². The number of nitrogen functional groups attached to an aromatic ring is 1. The summed E-state index contributed by atoms with van der Waals surface area (Å²) < 4.78 is 5.09. The number of hydrogen-bond donors (Lipinski definition) is 1. The molecule has 0 aliphatic carbocycles. The maximum Gasteiger partial charge on any atom is 0.350 e. The number of thioether (sulfide) groups is 2. The summed E-state index contributed by atoms with van der Waals surface area (Å²) in [6.45, 7) is 6.42. The molecule has 1 aliphatic heterocycles. The topological polar surface area (TPSA) is 55.6 Å². The van der Waals surface area contributed by atoms with Crippen LogP contribution in [0.3, 0.4) is 0 Å². The third kappa shape index (κ3) is 3.20. The molecule has 1 atom stereocenters. The van der Waals surface area contributed by atoms with Crippen LogP contribution in [-0.4, -0.2) is 42.9 Å². The van der Waals surface area contributed by atoms with Gasteiger partial charge in [-0.1, -0.05) is 6.92 Å². The summed E-state index contributed by atoms with van der Waals surface area (Å²) in [7, 11) is 0. The number of rotatable bonds is 4. The van der Waals surface area contributed by atoms with E-state index in [0.29, 0.717) is 22.4 Å². The number of carbonyl (C=O) groups excluding carboxylic acids is 1. The number of hydrogen-bond acceptors (Lipinski definition) is 7. The summed E-state index contributed by atoms with van der Waals surface area (Å²) in [6.07, 6.45) is 2.00. The molecule has 0 spiro atoms. The number of anilines is 2. The van der Waals surface area contributed by atoms with Gasteiger partial charge in [-0.05, 0) is 13.2 Å². The Labute approximate surface area is 132 Å². The number of nitrogens with two attached hydrogens (primary N) is 1. The van der Waals surface area contributed by atoms with Crippen LogP contribution in [0.15, 0.2) is 4.90 Å². The van der Waals surface area contributed by atoms with Crippen molar-refractivity contribution in [2.24, 2.45) is 0 Å². The van der Waals surface area contributed by atoms with Crippen molar-refractivity contribution in [1.29, 1.82) is 0 Å². The second-order valence-electron chi connectivity index (χ2n) is 4.53. The Morgan fingerprint density at radius 1 is 1.60 bits per heavy atom. The highest BCUT2D eigenvalue weighted by Crippen LogP contribution is 2.45. The third-order valence-corrected chi connectivity index (χ3v) is 6.41. The van der Waals surface area contributed by atoms with E-state index in [9.17, 15) is 4.79 Å². The number of esters is 1. The van der Waals surface area contributed by atoms with Gasteiger partial charge < -0.3 is 15.4 Å². The molecule has 1 aliphatic rings. The molecule has 2 N–H and O–H groups in total. The van der Waals surface area contributed by atoms with Gasteiger partial charge in [0.2, 0.25) is 0 Å². The molecular weight excluding hydrogens is 312 g/mol. The van der Waals surface area contributed by atoms with Crippen LogP contribution in [0, 0.1) is 0 Å². The first-order chi connectivity index (χ1) is 9.58. The largest absolute Gasteiger partial charge is 0.462 e. The first-order valence-corrected chi connectivity index (χ1v) is 9.67. The molecule has 1 unspecified atom stereocenters. The Bertz CT molecular complexity index is 490. The summed E-state index contributed by atoms with van der Waals surface area (Å²) in [5.41, 5.74) is 6.72. The Morgan fingerprint density at radius 2 is 2.35 bits per heavy atom. The van der Waals surface area contributed by atoms with Gasteiger partial charge >= 0.3 is 5.97 Å². The average Bonchev–Trinajstić information content (AvgIpc) is 2.76. The number of thiophene rings is 1.